The topological polar surface area (TPSA) is 144 Å². The molecule has 54 heavy (non-hydrogen) atoms. The Morgan fingerprint density at radius 2 is 1.72 bits per heavy atom. The lowest BCUT2D eigenvalue weighted by molar-refractivity contribution is -0.164. The van der Waals surface area contributed by atoms with Crippen LogP contribution in [0.25, 0.3) is 10.9 Å². The Bertz CT molecular complexity index is 2040. The minimum absolute atomic E-state index is 0.0399. The summed E-state index contributed by atoms with van der Waals surface area (Å²) in [6.07, 6.45) is 3.57. The number of aromatic nitrogens is 1. The third-order valence-corrected chi connectivity index (χ3v) is 10.4. The van der Waals surface area contributed by atoms with Crippen molar-refractivity contribution in [3.05, 3.63) is 141 Å². The Hall–Kier alpha value is -5.00. The van der Waals surface area contributed by atoms with E-state index in [0.29, 0.717) is 53.0 Å². The molecule has 0 amide bonds. The van der Waals surface area contributed by atoms with E-state index in [-0.39, 0.29) is 23.8 Å². The Labute approximate surface area is 316 Å². The number of unbranched alkanes of at least 4 members (excludes halogenated alkanes) is 2. The molecule has 0 aliphatic carbocycles. The molecule has 1 saturated heterocycles. The van der Waals surface area contributed by atoms with Gasteiger partial charge < -0.3 is 35.1 Å². The van der Waals surface area contributed by atoms with Crippen LogP contribution in [-0.4, -0.2) is 70.6 Å². The van der Waals surface area contributed by atoms with Gasteiger partial charge in [0.05, 0.1) is 24.8 Å². The summed E-state index contributed by atoms with van der Waals surface area (Å²) in [5.74, 6) is 0.0557. The van der Waals surface area contributed by atoms with Gasteiger partial charge in [-0.2, -0.15) is 0 Å². The molecule has 5 aromatic rings. The molecule has 4 aromatic carbocycles. The summed E-state index contributed by atoms with van der Waals surface area (Å²) in [5, 5.41) is 37.0. The molecular weight excluding hydrogens is 682 g/mol. The van der Waals surface area contributed by atoms with Gasteiger partial charge in [0.1, 0.15) is 11.5 Å². The molecule has 2 atom stereocenters. The minimum Gasteiger partial charge on any atom is -0.506 e. The van der Waals surface area contributed by atoms with Crippen LogP contribution < -0.4 is 15.6 Å². The van der Waals surface area contributed by atoms with Crippen molar-refractivity contribution in [1.29, 1.82) is 0 Å². The van der Waals surface area contributed by atoms with E-state index < -0.39 is 17.7 Å². The largest absolute Gasteiger partial charge is 0.506 e. The van der Waals surface area contributed by atoms with Crippen molar-refractivity contribution in [3.63, 3.8) is 0 Å². The number of benzene rings is 4. The molecule has 2 heterocycles. The monoisotopic (exact) mass is 733 g/mol. The average molecular weight is 734 g/mol. The van der Waals surface area contributed by atoms with Gasteiger partial charge in [0, 0.05) is 35.7 Å². The van der Waals surface area contributed by atoms with Crippen LogP contribution in [0.3, 0.4) is 0 Å². The number of aromatic hydroxyl groups is 1. The molecule has 0 saturated carbocycles. The second-order valence-electron chi connectivity index (χ2n) is 14.3. The first-order chi connectivity index (χ1) is 26.2. The van der Waals surface area contributed by atoms with Crippen LogP contribution >= 0.6 is 0 Å². The van der Waals surface area contributed by atoms with E-state index in [2.05, 4.69) is 39.5 Å². The maximum atomic E-state index is 13.9. The van der Waals surface area contributed by atoms with Crippen LogP contribution in [0, 0.1) is 12.8 Å². The van der Waals surface area contributed by atoms with Crippen molar-refractivity contribution in [3.8, 4) is 11.5 Å². The molecule has 2 unspecified atom stereocenters. The van der Waals surface area contributed by atoms with Gasteiger partial charge in [-0.05, 0) is 106 Å². The van der Waals surface area contributed by atoms with Gasteiger partial charge in [-0.1, -0.05) is 72.8 Å². The summed E-state index contributed by atoms with van der Waals surface area (Å²) in [6.45, 7) is 6.38. The molecule has 10 heteroatoms. The first-order valence-electron chi connectivity index (χ1n) is 18.9. The van der Waals surface area contributed by atoms with Crippen LogP contribution in [0.15, 0.2) is 108 Å². The van der Waals surface area contributed by atoms with Gasteiger partial charge >= 0.3 is 5.97 Å². The standard InChI is InChI=1S/C44H51N3O7/c1-31-11-6-7-16-38(31)44(52,43(51)54-30-33-21-24-47(25-22-33)29-32-12-4-2-5-13-32)34-14-10-15-35(27-34)53-26-9-3-8-23-45-28-40(49)36-17-19-39(48)42-37(36)18-20-41(50)46-42/h2,4-7,10-20,27,33,40,45,48-49,52H,3,8-9,21-26,28-30H2,1H3,(H,46,50). The Morgan fingerprint density at radius 3 is 2.52 bits per heavy atom. The van der Waals surface area contributed by atoms with Crippen LogP contribution in [0.5, 0.6) is 11.5 Å². The number of aryl methyl sites for hydroxylation is 1. The van der Waals surface area contributed by atoms with E-state index in [1.165, 1.54) is 17.7 Å². The zero-order valence-corrected chi connectivity index (χ0v) is 30.9. The number of hydrogen-bond acceptors (Lipinski definition) is 9. The molecule has 0 bridgehead atoms. The number of piperidine rings is 1. The maximum absolute atomic E-state index is 13.9. The predicted molar refractivity (Wildman–Crippen MR) is 209 cm³/mol. The molecule has 1 fully saturated rings. The predicted octanol–water partition coefficient (Wildman–Crippen LogP) is 6.11. The van der Waals surface area contributed by atoms with Crippen molar-refractivity contribution < 1.29 is 29.6 Å². The number of fused-ring (bicyclic) bond motifs is 1. The number of esters is 1. The zero-order valence-electron chi connectivity index (χ0n) is 30.9. The van der Waals surface area contributed by atoms with Crippen LogP contribution in [0.4, 0.5) is 0 Å². The third-order valence-electron chi connectivity index (χ3n) is 10.4. The number of aliphatic hydroxyl groups is 2. The summed E-state index contributed by atoms with van der Waals surface area (Å²) in [7, 11) is 0. The number of phenolic OH excluding ortho intramolecular Hbond substituents is 1. The van der Waals surface area contributed by atoms with E-state index in [1.807, 2.05) is 37.3 Å². The number of carbonyl (C=O) groups is 1. The molecular formula is C44H51N3O7. The van der Waals surface area contributed by atoms with Crippen molar-refractivity contribution in [1.82, 2.24) is 15.2 Å². The molecule has 6 rings (SSSR count). The smallest absolute Gasteiger partial charge is 0.347 e. The molecule has 5 N–H and O–H groups in total. The Balaban J connectivity index is 0.979. The van der Waals surface area contributed by atoms with Crippen molar-refractivity contribution in [2.24, 2.45) is 5.92 Å². The summed E-state index contributed by atoms with van der Waals surface area (Å²) < 4.78 is 12.0. The third kappa shape index (κ3) is 9.56. The normalized spacial score (nSPS) is 15.5. The van der Waals surface area contributed by atoms with Crippen LogP contribution in [-0.2, 0) is 21.7 Å². The molecule has 284 valence electrons. The number of hydrogen-bond donors (Lipinski definition) is 5. The second kappa shape index (κ2) is 18.4. The second-order valence-corrected chi connectivity index (χ2v) is 14.3. The van der Waals surface area contributed by atoms with Gasteiger partial charge in [0.25, 0.3) is 0 Å². The molecule has 0 spiro atoms. The van der Waals surface area contributed by atoms with E-state index in [0.717, 1.165) is 57.3 Å². The van der Waals surface area contributed by atoms with Crippen LogP contribution in [0.1, 0.15) is 66.0 Å². The number of pyridine rings is 1. The highest BCUT2D eigenvalue weighted by molar-refractivity contribution is 5.87. The van der Waals surface area contributed by atoms with Gasteiger partial charge in [0.15, 0.2) is 0 Å². The number of nitrogens with one attached hydrogen (secondary N) is 2. The van der Waals surface area contributed by atoms with Crippen molar-refractivity contribution in [2.75, 3.05) is 39.4 Å². The van der Waals surface area contributed by atoms with E-state index in [1.54, 1.807) is 36.4 Å². The highest BCUT2D eigenvalue weighted by Crippen LogP contribution is 2.36. The highest BCUT2D eigenvalue weighted by atomic mass is 16.5. The number of likely N-dealkylation sites (tertiary alicyclic amines) is 1. The maximum Gasteiger partial charge on any atom is 0.347 e. The van der Waals surface area contributed by atoms with Crippen LogP contribution in [0.2, 0.25) is 0 Å². The number of aromatic amines is 1. The summed E-state index contributed by atoms with van der Waals surface area (Å²) >= 11 is 0. The molecule has 0 radical (unpaired) electrons. The summed E-state index contributed by atoms with van der Waals surface area (Å²) in [4.78, 5) is 30.6. The van der Waals surface area contributed by atoms with Gasteiger partial charge in [0.2, 0.25) is 11.2 Å². The number of carbonyl (C=O) groups excluding carboxylic acids is 1. The molecule has 1 aliphatic rings. The molecule has 1 aromatic heterocycles. The van der Waals surface area contributed by atoms with E-state index >= 15 is 0 Å². The van der Waals surface area contributed by atoms with Gasteiger partial charge in [-0.25, -0.2) is 4.79 Å². The first kappa shape index (κ1) is 38.7. The molecule has 1 aliphatic heterocycles. The quantitative estimate of drug-likeness (QED) is 0.0565. The minimum atomic E-state index is -2.00. The number of rotatable bonds is 17. The first-order valence-corrected chi connectivity index (χ1v) is 18.9. The fourth-order valence-corrected chi connectivity index (χ4v) is 7.24. The highest BCUT2D eigenvalue weighted by Gasteiger charge is 2.43. The lowest BCUT2D eigenvalue weighted by Crippen LogP contribution is -2.41. The number of H-pyrrole nitrogens is 1. The molecule has 10 nitrogen and oxygen atoms in total. The lowest BCUT2D eigenvalue weighted by Gasteiger charge is -2.33. The number of phenols is 1. The fourth-order valence-electron chi connectivity index (χ4n) is 7.24. The SMILES string of the molecule is Cc1ccccc1C(O)(C(=O)OCC1CCN(Cc2ccccc2)CC1)c1cccc(OCCCCCNCC(O)c2ccc(O)c3[nH]c(=O)ccc23)c1. The number of nitrogens with zero attached hydrogens (tertiary/aromatic N) is 1. The summed E-state index contributed by atoms with van der Waals surface area (Å²) in [5.41, 5.74) is 1.57. The Kier molecular flexibility index (Phi) is 13.2. The Morgan fingerprint density at radius 1 is 0.944 bits per heavy atom. The summed E-state index contributed by atoms with van der Waals surface area (Å²) in [6, 6.07) is 31.0. The zero-order chi connectivity index (χ0) is 37.9. The van der Waals surface area contributed by atoms with Crippen molar-refractivity contribution >= 4 is 16.9 Å². The fraction of sp³-hybridized carbons (Fsp3) is 0.364. The van der Waals surface area contributed by atoms with E-state index in [9.17, 15) is 24.9 Å². The van der Waals surface area contributed by atoms with Gasteiger partial charge in [-0.15, -0.1) is 0 Å². The lowest BCUT2D eigenvalue weighted by atomic mass is 9.83. The van der Waals surface area contributed by atoms with Crippen molar-refractivity contribution in [2.45, 2.75) is 57.3 Å². The number of ether oxygens (including phenoxy) is 2. The van der Waals surface area contributed by atoms with Gasteiger partial charge in [-0.3, -0.25) is 9.69 Å². The average Bonchev–Trinajstić information content (AvgIpc) is 3.19. The van der Waals surface area contributed by atoms with E-state index in [4.69, 9.17) is 9.47 Å². The number of aliphatic hydroxyl groups excluding tert-OH is 1.